The van der Waals surface area contributed by atoms with E-state index in [2.05, 4.69) is 274 Å². The van der Waals surface area contributed by atoms with Gasteiger partial charge >= 0.3 is 0 Å². The molecule has 2 aliphatic rings. The van der Waals surface area contributed by atoms with Crippen molar-refractivity contribution >= 4 is 50.2 Å². The second-order valence-corrected chi connectivity index (χ2v) is 23.9. The molecule has 12 aromatic rings. The largest absolute Gasteiger partial charge is 0.509 e. The first-order chi connectivity index (χ1) is 40.8. The van der Waals surface area contributed by atoms with Crippen molar-refractivity contribution in [3.63, 3.8) is 0 Å². The zero-order valence-corrected chi connectivity index (χ0v) is 50.2. The maximum Gasteiger partial charge on any atom is 0.187 e. The van der Waals surface area contributed by atoms with Gasteiger partial charge in [-0.1, -0.05) is 187 Å². The number of hydrogen-bond acceptors (Lipinski definition) is 5. The summed E-state index contributed by atoms with van der Waals surface area (Å²) < 4.78 is 9.49. The number of anilines is 4. The van der Waals surface area contributed by atoms with E-state index in [4.69, 9.17) is 16.3 Å². The maximum absolute atomic E-state index is 10.4. The summed E-state index contributed by atoms with van der Waals surface area (Å²) >= 11 is 0. The van der Waals surface area contributed by atoms with Crippen LogP contribution in [0.25, 0.3) is 65.8 Å². The molecular weight excluding hydrogens is 1220 g/mol. The van der Waals surface area contributed by atoms with Gasteiger partial charge in [0.25, 0.3) is 0 Å². The van der Waals surface area contributed by atoms with Gasteiger partial charge in [0, 0.05) is 77.9 Å². The normalized spacial score (nSPS) is 14.3. The third kappa shape index (κ3) is 9.19. The Morgan fingerprint density at radius 2 is 1.16 bits per heavy atom. The Morgan fingerprint density at radius 3 is 1.82 bits per heavy atom. The fraction of sp³-hybridized carbons (Fsp3) is 0.117. The van der Waals surface area contributed by atoms with Gasteiger partial charge < -0.3 is 19.1 Å². The predicted octanol–water partition coefficient (Wildman–Crippen LogP) is 19.7. The molecule has 0 amide bonds. The Balaban J connectivity index is 0.00000672. The molecule has 1 aliphatic heterocycles. The standard InChI is InChI=1S/C77H57N6O.Pt/c1-75(2,3)54-37-38-80-73(44-54)83-69-28-18-17-27-61(69)62-34-33-59(47-72(62)83)84-60-41-56(77(53-25-15-10-16-26-53)67-35-31-50(48-78)39-65(67)66-45-57(79-7)32-36-68(66)77)40-58(46-60)81-49-82(71-30-20-19-29-70(71)81)74-63(51-21-11-8-12-22-51)42-55(76(4,5)6)43-64(74)52-23-13-9-14-24-52;/h8-45,49H,1-6H3;/q-3;. The molecule has 85 heavy (non-hydrogen) atoms. The summed E-state index contributed by atoms with van der Waals surface area (Å²) in [6.45, 7) is 23.9. The Morgan fingerprint density at radius 1 is 0.553 bits per heavy atom. The van der Waals surface area contributed by atoms with E-state index in [1.807, 2.05) is 42.6 Å². The first kappa shape index (κ1) is 54.5. The van der Waals surface area contributed by atoms with Gasteiger partial charge in [-0.3, -0.25) is 0 Å². The van der Waals surface area contributed by atoms with Gasteiger partial charge in [-0.25, -0.2) is 9.83 Å². The van der Waals surface area contributed by atoms with Crippen LogP contribution in [0.4, 0.5) is 28.4 Å². The van der Waals surface area contributed by atoms with Crippen molar-refractivity contribution in [1.82, 2.24) is 9.55 Å². The van der Waals surface area contributed by atoms with Gasteiger partial charge in [0.1, 0.15) is 5.82 Å². The van der Waals surface area contributed by atoms with Crippen molar-refractivity contribution < 1.29 is 25.8 Å². The van der Waals surface area contributed by atoms with Crippen LogP contribution in [0.2, 0.25) is 0 Å². The summed E-state index contributed by atoms with van der Waals surface area (Å²) in [5.41, 5.74) is 18.0. The molecule has 0 N–H and O–H groups in total. The van der Waals surface area contributed by atoms with Gasteiger partial charge in [0.05, 0.1) is 18.2 Å². The number of nitriles is 1. The van der Waals surface area contributed by atoms with Crippen molar-refractivity contribution in [2.45, 2.75) is 57.8 Å². The van der Waals surface area contributed by atoms with Gasteiger partial charge in [-0.15, -0.1) is 53.6 Å². The number of hydrogen-bond donors (Lipinski definition) is 0. The molecule has 2 aromatic heterocycles. The summed E-state index contributed by atoms with van der Waals surface area (Å²) in [5.74, 6) is 1.78. The predicted molar refractivity (Wildman–Crippen MR) is 341 cm³/mol. The first-order valence-corrected chi connectivity index (χ1v) is 28.4. The smallest absolute Gasteiger partial charge is 0.187 e. The van der Waals surface area contributed by atoms with Gasteiger partial charge in [-0.05, 0) is 127 Å². The molecule has 0 spiro atoms. The van der Waals surface area contributed by atoms with Gasteiger partial charge in [-0.2, -0.15) is 11.3 Å². The molecule has 0 saturated heterocycles. The Kier molecular flexibility index (Phi) is 13.5. The molecule has 7 nitrogen and oxygen atoms in total. The molecule has 1 aliphatic carbocycles. The van der Waals surface area contributed by atoms with Crippen LogP contribution < -0.4 is 14.5 Å². The number of benzene rings is 10. The SMILES string of the molecule is [C-]#[N+]c1ccc2c(c1)-c1cc(C#N)ccc1C2(c1ccccc1)c1cc(Oc2[c-]c3c(cc2)c2ccccc2n3-c2cc(C(C)(C)C)ccn2)[c-]c(N2[CH-]N(c3c(-c4ccccc4)cc(C(C)(C)C)cc3-c3ccccc3)c3ccccc32)c1.[Pt]. The van der Waals surface area contributed by atoms with Crippen LogP contribution in [0.5, 0.6) is 11.5 Å². The molecule has 1 unspecified atom stereocenters. The summed E-state index contributed by atoms with van der Waals surface area (Å²) in [5, 5.41) is 12.5. The molecule has 10 aromatic carbocycles. The summed E-state index contributed by atoms with van der Waals surface area (Å²) in [7, 11) is 0. The molecule has 1 atom stereocenters. The number of rotatable bonds is 9. The molecule has 0 radical (unpaired) electrons. The van der Waals surface area contributed by atoms with Crippen molar-refractivity contribution in [3.05, 3.63) is 300 Å². The molecular formula is C77H57N6OPt-3. The number of para-hydroxylation sites is 3. The fourth-order valence-electron chi connectivity index (χ4n) is 12.6. The number of pyridine rings is 1. The fourth-order valence-corrected chi connectivity index (χ4v) is 12.6. The first-order valence-electron chi connectivity index (χ1n) is 28.4. The number of ether oxygens (including phenoxy) is 1. The Labute approximate surface area is 511 Å². The topological polar surface area (TPSA) is 61.7 Å². The third-order valence-corrected chi connectivity index (χ3v) is 16.7. The van der Waals surface area contributed by atoms with Crippen LogP contribution >= 0.6 is 0 Å². The zero-order valence-electron chi connectivity index (χ0n) is 47.9. The number of nitrogens with zero attached hydrogens (tertiary/aromatic N) is 6. The number of fused-ring (bicyclic) bond motifs is 7. The van der Waals surface area contributed by atoms with E-state index >= 15 is 0 Å². The zero-order chi connectivity index (χ0) is 57.5. The van der Waals surface area contributed by atoms with Crippen LogP contribution in [0, 0.1) is 36.7 Å². The summed E-state index contributed by atoms with van der Waals surface area (Å²) in [6.07, 6.45) is 1.89. The minimum absolute atomic E-state index is 0. The molecule has 0 saturated carbocycles. The maximum atomic E-state index is 10.4. The molecule has 3 heterocycles. The van der Waals surface area contributed by atoms with Crippen molar-refractivity contribution in [1.29, 1.82) is 5.26 Å². The van der Waals surface area contributed by atoms with Gasteiger partial charge in [0.2, 0.25) is 0 Å². The van der Waals surface area contributed by atoms with E-state index in [0.29, 0.717) is 22.7 Å². The van der Waals surface area contributed by atoms with E-state index in [1.54, 1.807) is 0 Å². The van der Waals surface area contributed by atoms with E-state index in [1.165, 1.54) is 11.1 Å². The molecule has 0 bridgehead atoms. The van der Waals surface area contributed by atoms with Gasteiger partial charge in [0.15, 0.2) is 5.69 Å². The van der Waals surface area contributed by atoms with E-state index in [0.717, 1.165) is 106 Å². The van der Waals surface area contributed by atoms with Crippen molar-refractivity contribution in [2.75, 3.05) is 9.80 Å². The third-order valence-electron chi connectivity index (χ3n) is 16.7. The van der Waals surface area contributed by atoms with E-state index < -0.39 is 5.41 Å². The minimum Gasteiger partial charge on any atom is -0.509 e. The van der Waals surface area contributed by atoms with E-state index in [-0.39, 0.29) is 31.9 Å². The Hall–Kier alpha value is -9.78. The molecule has 14 rings (SSSR count). The summed E-state index contributed by atoms with van der Waals surface area (Å²) in [6, 6.07) is 88.4. The molecule has 8 heteroatoms. The van der Waals surface area contributed by atoms with E-state index in [9.17, 15) is 5.26 Å². The van der Waals surface area contributed by atoms with Crippen LogP contribution in [-0.2, 0) is 37.3 Å². The minimum atomic E-state index is -0.963. The molecule has 0 fully saturated rings. The van der Waals surface area contributed by atoms with Crippen LogP contribution in [0.1, 0.15) is 80.5 Å². The molecule has 414 valence electrons. The number of aromatic nitrogens is 2. The van der Waals surface area contributed by atoms with Crippen LogP contribution in [0.15, 0.2) is 231 Å². The second kappa shape index (κ2) is 21.1. The second-order valence-electron chi connectivity index (χ2n) is 23.9. The van der Waals surface area contributed by atoms with Crippen LogP contribution in [0.3, 0.4) is 0 Å². The van der Waals surface area contributed by atoms with Crippen molar-refractivity contribution in [2.24, 2.45) is 0 Å². The summed E-state index contributed by atoms with van der Waals surface area (Å²) in [4.78, 5) is 13.5. The monoisotopic (exact) mass is 1280 g/mol. The van der Waals surface area contributed by atoms with Crippen LogP contribution in [-0.4, -0.2) is 9.55 Å². The average molecular weight is 1280 g/mol. The van der Waals surface area contributed by atoms with Crippen molar-refractivity contribution in [3.8, 4) is 56.8 Å². The quantitative estimate of drug-likeness (QED) is 0.135. The average Bonchev–Trinajstić information content (AvgIpc) is 2.04. The Bertz CT molecular complexity index is 4550.